The van der Waals surface area contributed by atoms with E-state index in [-0.39, 0.29) is 24.6 Å². The predicted octanol–water partition coefficient (Wildman–Crippen LogP) is 4.00. The zero-order valence-corrected chi connectivity index (χ0v) is 13.9. The lowest BCUT2D eigenvalue weighted by Gasteiger charge is -2.10. The summed E-state index contributed by atoms with van der Waals surface area (Å²) in [6, 6.07) is 14.4. The second-order valence-corrected chi connectivity index (χ2v) is 5.65. The molecule has 1 aliphatic heterocycles. The summed E-state index contributed by atoms with van der Waals surface area (Å²) in [5.74, 6) is -0.991. The first-order chi connectivity index (χ1) is 11.5. The van der Waals surface area contributed by atoms with Crippen LogP contribution in [0.15, 0.2) is 48.5 Å². The largest absolute Gasteiger partial charge is 0.447 e. The molecule has 0 unspecified atom stereocenters. The Morgan fingerprint density at radius 3 is 2.46 bits per heavy atom. The topological polar surface area (TPSA) is 46.6 Å². The Labute approximate surface area is 144 Å². The van der Waals surface area contributed by atoms with Gasteiger partial charge in [-0.3, -0.25) is 4.79 Å². The monoisotopic (exact) mass is 349 g/mol. The number of carbonyl (C=O) groups is 2. The fourth-order valence-corrected chi connectivity index (χ4v) is 2.19. The number of hydrogen-bond donors (Lipinski definition) is 0. The molecule has 3 rings (SSSR count). The first-order valence-corrected chi connectivity index (χ1v) is 7.78. The number of halogens is 2. The summed E-state index contributed by atoms with van der Waals surface area (Å²) in [5, 5.41) is 0.00165. The molecule has 2 aromatic carbocycles. The number of carbonyl (C=O) groups excluding carboxylic acids is 2. The number of aryl methyl sites for hydroxylation is 1. The lowest BCUT2D eigenvalue weighted by atomic mass is 10.1. The number of hydrogen-bond acceptors (Lipinski definition) is 3. The van der Waals surface area contributed by atoms with Crippen LogP contribution in [0.25, 0.3) is 0 Å². The van der Waals surface area contributed by atoms with E-state index in [0.717, 1.165) is 4.90 Å². The van der Waals surface area contributed by atoms with Crippen LogP contribution in [0.1, 0.15) is 11.1 Å². The van der Waals surface area contributed by atoms with Crippen LogP contribution >= 0.6 is 11.6 Å². The molecule has 24 heavy (non-hydrogen) atoms. The van der Waals surface area contributed by atoms with Crippen molar-refractivity contribution < 1.29 is 18.7 Å². The van der Waals surface area contributed by atoms with Gasteiger partial charge in [0.1, 0.15) is 12.4 Å². The quantitative estimate of drug-likeness (QED) is 0.823. The Kier molecular flexibility index (Phi) is 6.32. The summed E-state index contributed by atoms with van der Waals surface area (Å²) < 4.78 is 17.8. The van der Waals surface area contributed by atoms with E-state index >= 15 is 0 Å². The molecule has 1 aliphatic rings. The highest BCUT2D eigenvalue weighted by Crippen LogP contribution is 2.17. The van der Waals surface area contributed by atoms with Crippen molar-refractivity contribution in [2.45, 2.75) is 13.3 Å². The van der Waals surface area contributed by atoms with Gasteiger partial charge in [-0.1, -0.05) is 53.6 Å². The highest BCUT2D eigenvalue weighted by molar-refractivity contribution is 6.30. The Bertz CT molecular complexity index is 721. The summed E-state index contributed by atoms with van der Waals surface area (Å²) in [5.41, 5.74) is 1.79. The molecule has 0 aliphatic carbocycles. The fourth-order valence-electron chi connectivity index (χ4n) is 2.07. The molecule has 0 spiro atoms. The maximum absolute atomic E-state index is 13.1. The normalized spacial score (nSPS) is 13.1. The van der Waals surface area contributed by atoms with Gasteiger partial charge < -0.3 is 4.74 Å². The second kappa shape index (κ2) is 8.45. The first-order valence-electron chi connectivity index (χ1n) is 7.40. The molecular formula is C18H17ClFNO3. The Balaban J connectivity index is 0.000000249. The second-order valence-electron chi connectivity index (χ2n) is 5.24. The fraction of sp³-hybridized carbons (Fsp3) is 0.222. The van der Waals surface area contributed by atoms with Crippen molar-refractivity contribution in [2.75, 3.05) is 13.2 Å². The maximum atomic E-state index is 13.1. The highest BCUT2D eigenvalue weighted by atomic mass is 35.5. The number of ether oxygens (including phenoxy) is 1. The van der Waals surface area contributed by atoms with E-state index < -0.39 is 17.8 Å². The number of imide groups is 1. The molecule has 1 fully saturated rings. The Morgan fingerprint density at radius 2 is 1.96 bits per heavy atom. The van der Waals surface area contributed by atoms with Crippen LogP contribution in [0, 0.1) is 12.7 Å². The van der Waals surface area contributed by atoms with E-state index in [9.17, 15) is 14.0 Å². The average Bonchev–Trinajstić information content (AvgIpc) is 2.98. The molecule has 6 heteroatoms. The molecule has 0 bridgehead atoms. The van der Waals surface area contributed by atoms with Crippen LogP contribution in [0.2, 0.25) is 5.02 Å². The summed E-state index contributed by atoms with van der Waals surface area (Å²) in [6.07, 6.45) is -0.701. The Morgan fingerprint density at radius 1 is 1.25 bits per heavy atom. The minimum Gasteiger partial charge on any atom is -0.447 e. The number of nitrogens with zero attached hydrogens (tertiary/aromatic N) is 1. The predicted molar refractivity (Wildman–Crippen MR) is 89.4 cm³/mol. The van der Waals surface area contributed by atoms with Gasteiger partial charge in [-0.2, -0.15) is 0 Å². The zero-order chi connectivity index (χ0) is 17.5. The molecule has 0 saturated carbocycles. The van der Waals surface area contributed by atoms with Crippen LogP contribution in [-0.2, 0) is 16.0 Å². The third-order valence-electron chi connectivity index (χ3n) is 3.34. The Hall–Kier alpha value is -2.40. The third kappa shape index (κ3) is 5.06. The van der Waals surface area contributed by atoms with E-state index in [2.05, 4.69) is 23.8 Å². The number of benzene rings is 2. The van der Waals surface area contributed by atoms with Gasteiger partial charge in [0.25, 0.3) is 0 Å². The third-order valence-corrected chi connectivity index (χ3v) is 3.65. The van der Waals surface area contributed by atoms with Crippen molar-refractivity contribution in [2.24, 2.45) is 0 Å². The molecule has 0 aromatic heterocycles. The smallest absolute Gasteiger partial charge is 0.416 e. The van der Waals surface area contributed by atoms with Crippen molar-refractivity contribution in [3.05, 3.63) is 70.5 Å². The number of amides is 2. The first kappa shape index (κ1) is 17.9. The number of rotatable bonds is 2. The van der Waals surface area contributed by atoms with Crippen LogP contribution < -0.4 is 0 Å². The number of cyclic esters (lactones) is 1. The molecule has 2 amide bonds. The van der Waals surface area contributed by atoms with Gasteiger partial charge in [0.15, 0.2) is 0 Å². The van der Waals surface area contributed by atoms with E-state index in [1.807, 2.05) is 18.2 Å². The lowest BCUT2D eigenvalue weighted by molar-refractivity contribution is -0.127. The highest BCUT2D eigenvalue weighted by Gasteiger charge is 2.28. The average molecular weight is 350 g/mol. The molecule has 1 heterocycles. The standard InChI is InChI=1S/C11H9ClFNO3.C7H8/c12-8-2-1-7(5-9(8)13)6-10(15)14-3-4-17-11(14)16;1-7-5-3-2-4-6-7/h1-2,5H,3-4,6H2;2-6H,1H3. The minimum atomic E-state index is -0.649. The molecule has 126 valence electrons. The van der Waals surface area contributed by atoms with Gasteiger partial charge in [0, 0.05) is 0 Å². The van der Waals surface area contributed by atoms with Gasteiger partial charge in [-0.05, 0) is 24.6 Å². The van der Waals surface area contributed by atoms with Gasteiger partial charge in [0.05, 0.1) is 18.0 Å². The molecule has 0 N–H and O–H groups in total. The van der Waals surface area contributed by atoms with Crippen LogP contribution in [-0.4, -0.2) is 30.1 Å². The summed E-state index contributed by atoms with van der Waals surface area (Å²) in [7, 11) is 0. The van der Waals surface area contributed by atoms with Crippen LogP contribution in [0.4, 0.5) is 9.18 Å². The van der Waals surface area contributed by atoms with E-state index in [4.69, 9.17) is 11.6 Å². The molecular weight excluding hydrogens is 333 g/mol. The minimum absolute atomic E-state index is 0.00165. The van der Waals surface area contributed by atoms with Gasteiger partial charge in [-0.15, -0.1) is 0 Å². The maximum Gasteiger partial charge on any atom is 0.416 e. The molecule has 4 nitrogen and oxygen atoms in total. The van der Waals surface area contributed by atoms with Crippen molar-refractivity contribution in [1.82, 2.24) is 4.90 Å². The lowest BCUT2D eigenvalue weighted by Crippen LogP contribution is -2.32. The summed E-state index contributed by atoms with van der Waals surface area (Å²) >= 11 is 5.52. The molecule has 0 radical (unpaired) electrons. The zero-order valence-electron chi connectivity index (χ0n) is 13.2. The van der Waals surface area contributed by atoms with Crippen LogP contribution in [0.5, 0.6) is 0 Å². The van der Waals surface area contributed by atoms with Gasteiger partial charge in [0.2, 0.25) is 5.91 Å². The van der Waals surface area contributed by atoms with E-state index in [1.54, 1.807) is 6.07 Å². The summed E-state index contributed by atoms with van der Waals surface area (Å²) in [4.78, 5) is 23.8. The van der Waals surface area contributed by atoms with Crippen LogP contribution in [0.3, 0.4) is 0 Å². The van der Waals surface area contributed by atoms with Crippen molar-refractivity contribution in [1.29, 1.82) is 0 Å². The molecule has 1 saturated heterocycles. The molecule has 2 aromatic rings. The van der Waals surface area contributed by atoms with Crippen molar-refractivity contribution in [3.8, 4) is 0 Å². The SMILES string of the molecule is Cc1ccccc1.O=C(Cc1ccc(Cl)c(F)c1)N1CCOC1=O. The molecule has 0 atom stereocenters. The van der Waals surface area contributed by atoms with Crippen molar-refractivity contribution in [3.63, 3.8) is 0 Å². The van der Waals surface area contributed by atoms with E-state index in [1.165, 1.54) is 17.7 Å². The summed E-state index contributed by atoms with van der Waals surface area (Å²) in [6.45, 7) is 2.54. The van der Waals surface area contributed by atoms with Gasteiger partial charge >= 0.3 is 6.09 Å². The van der Waals surface area contributed by atoms with Gasteiger partial charge in [-0.25, -0.2) is 14.1 Å². The van der Waals surface area contributed by atoms with Crippen molar-refractivity contribution >= 4 is 23.6 Å². The van der Waals surface area contributed by atoms with E-state index in [0.29, 0.717) is 5.56 Å².